The van der Waals surface area contributed by atoms with Gasteiger partial charge in [-0.3, -0.25) is 9.59 Å². The number of carbonyl (C=O) groups is 2. The highest BCUT2D eigenvalue weighted by molar-refractivity contribution is 6.10. The fraction of sp³-hybridized carbons (Fsp3) is 0.250. The summed E-state index contributed by atoms with van der Waals surface area (Å²) in [7, 11) is 1.85. The Balaban J connectivity index is 1.51. The highest BCUT2D eigenvalue weighted by atomic mass is 16.1. The van der Waals surface area contributed by atoms with E-state index in [1.54, 1.807) is 21.3 Å². The third-order valence-corrected chi connectivity index (χ3v) is 5.91. The average molecular weight is 428 g/mol. The van der Waals surface area contributed by atoms with Gasteiger partial charge < -0.3 is 15.2 Å². The second-order valence-corrected chi connectivity index (χ2v) is 8.31. The summed E-state index contributed by atoms with van der Waals surface area (Å²) in [5, 5.41) is 10.7. The van der Waals surface area contributed by atoms with E-state index in [1.165, 1.54) is 6.33 Å². The maximum absolute atomic E-state index is 13.1. The molecule has 0 aliphatic heterocycles. The molecule has 5 rings (SSSR count). The largest absolute Gasteiger partial charge is 0.349 e. The Kier molecular flexibility index (Phi) is 4.77. The summed E-state index contributed by atoms with van der Waals surface area (Å²) in [6, 6.07) is 9.52. The molecule has 8 nitrogen and oxygen atoms in total. The Labute approximate surface area is 185 Å². The van der Waals surface area contributed by atoms with Gasteiger partial charge in [0.05, 0.1) is 5.69 Å². The third-order valence-electron chi connectivity index (χ3n) is 5.91. The van der Waals surface area contributed by atoms with Crippen molar-refractivity contribution >= 4 is 28.7 Å². The topological polar surface area (TPSA) is 93.3 Å². The highest BCUT2D eigenvalue weighted by Gasteiger charge is 2.24. The van der Waals surface area contributed by atoms with E-state index in [2.05, 4.69) is 20.7 Å². The lowest BCUT2D eigenvalue weighted by atomic mass is 10.1. The van der Waals surface area contributed by atoms with Crippen LogP contribution in [0.3, 0.4) is 0 Å². The molecule has 1 aliphatic rings. The summed E-state index contributed by atoms with van der Waals surface area (Å²) in [5.74, 6) is 0.436. The number of rotatable bonds is 6. The predicted molar refractivity (Wildman–Crippen MR) is 122 cm³/mol. The zero-order valence-electron chi connectivity index (χ0n) is 18.2. The van der Waals surface area contributed by atoms with Gasteiger partial charge in [0.15, 0.2) is 5.82 Å². The first-order valence-corrected chi connectivity index (χ1v) is 10.6. The van der Waals surface area contributed by atoms with Crippen LogP contribution in [0.1, 0.15) is 50.4 Å². The molecule has 1 aliphatic carbocycles. The lowest BCUT2D eigenvalue weighted by molar-refractivity contribution is 0.0950. The zero-order chi connectivity index (χ0) is 22.4. The molecule has 1 aromatic carbocycles. The fourth-order valence-electron chi connectivity index (χ4n) is 3.84. The van der Waals surface area contributed by atoms with Crippen molar-refractivity contribution in [3.05, 3.63) is 77.0 Å². The van der Waals surface area contributed by atoms with Gasteiger partial charge in [0.1, 0.15) is 11.8 Å². The van der Waals surface area contributed by atoms with E-state index in [4.69, 9.17) is 0 Å². The van der Waals surface area contributed by atoms with Crippen molar-refractivity contribution < 1.29 is 9.59 Å². The number of carbonyl (C=O) groups excluding carboxylic acids is 2. The van der Waals surface area contributed by atoms with Crippen LogP contribution in [0.25, 0.3) is 5.52 Å². The van der Waals surface area contributed by atoms with Crippen molar-refractivity contribution in [3.8, 4) is 0 Å². The van der Waals surface area contributed by atoms with E-state index < -0.39 is 0 Å². The van der Waals surface area contributed by atoms with Gasteiger partial charge in [-0.05, 0) is 62.1 Å². The molecular weight excluding hydrogens is 404 g/mol. The van der Waals surface area contributed by atoms with Crippen LogP contribution in [0.4, 0.5) is 11.5 Å². The number of hydrogen-bond acceptors (Lipinski definition) is 5. The Morgan fingerprint density at radius 2 is 1.97 bits per heavy atom. The number of benzene rings is 1. The standard InChI is InChI=1S/C24H24N6O2/c1-14-6-7-16(24(32)27-17-8-9-17)11-19(14)28-23-21-15(2)18(12-30(21)26-13-25-23)22(31)20-5-4-10-29(20)3/h4-7,10-13,17H,8-9H2,1-3H3,(H,27,32)(H,25,26,28). The summed E-state index contributed by atoms with van der Waals surface area (Å²) in [5.41, 5.74) is 5.05. The second-order valence-electron chi connectivity index (χ2n) is 8.31. The minimum Gasteiger partial charge on any atom is -0.349 e. The Morgan fingerprint density at radius 3 is 2.69 bits per heavy atom. The Bertz CT molecular complexity index is 1360. The van der Waals surface area contributed by atoms with Gasteiger partial charge in [-0.25, -0.2) is 9.50 Å². The van der Waals surface area contributed by atoms with E-state index in [1.807, 2.05) is 51.4 Å². The molecule has 1 amide bonds. The summed E-state index contributed by atoms with van der Waals surface area (Å²) < 4.78 is 3.47. The molecular formula is C24H24N6O2. The van der Waals surface area contributed by atoms with Crippen molar-refractivity contribution in [2.45, 2.75) is 32.7 Å². The van der Waals surface area contributed by atoms with E-state index >= 15 is 0 Å². The first-order chi connectivity index (χ1) is 15.4. The van der Waals surface area contributed by atoms with Crippen LogP contribution in [-0.2, 0) is 7.05 Å². The molecule has 3 heterocycles. The molecule has 1 saturated carbocycles. The lowest BCUT2D eigenvalue weighted by Crippen LogP contribution is -2.25. The number of amides is 1. The molecule has 4 aromatic rings. The molecule has 3 aromatic heterocycles. The zero-order valence-corrected chi connectivity index (χ0v) is 18.2. The van der Waals surface area contributed by atoms with Crippen LogP contribution in [0.15, 0.2) is 49.1 Å². The van der Waals surface area contributed by atoms with Gasteiger partial charge in [0.2, 0.25) is 5.78 Å². The van der Waals surface area contributed by atoms with Crippen molar-refractivity contribution in [3.63, 3.8) is 0 Å². The second kappa shape index (κ2) is 7.64. The number of nitrogens with zero attached hydrogens (tertiary/aromatic N) is 4. The Hall–Kier alpha value is -3.94. The van der Waals surface area contributed by atoms with Crippen LogP contribution in [-0.4, -0.2) is 36.9 Å². The summed E-state index contributed by atoms with van der Waals surface area (Å²) in [6.45, 7) is 3.87. The van der Waals surface area contributed by atoms with Crippen LogP contribution in [0, 0.1) is 13.8 Å². The molecule has 0 bridgehead atoms. The number of aromatic nitrogens is 4. The number of nitrogens with one attached hydrogen (secondary N) is 2. The molecule has 0 radical (unpaired) electrons. The van der Waals surface area contributed by atoms with Gasteiger partial charge in [-0.15, -0.1) is 0 Å². The van der Waals surface area contributed by atoms with Gasteiger partial charge in [-0.1, -0.05) is 6.07 Å². The number of hydrogen-bond donors (Lipinski definition) is 2. The molecule has 2 N–H and O–H groups in total. The number of ketones is 1. The molecule has 0 unspecified atom stereocenters. The number of anilines is 2. The lowest BCUT2D eigenvalue weighted by Gasteiger charge is -2.12. The van der Waals surface area contributed by atoms with Gasteiger partial charge in [-0.2, -0.15) is 5.10 Å². The quantitative estimate of drug-likeness (QED) is 0.458. The smallest absolute Gasteiger partial charge is 0.251 e. The maximum Gasteiger partial charge on any atom is 0.251 e. The molecule has 1 fully saturated rings. The van der Waals surface area contributed by atoms with Crippen LogP contribution in [0.2, 0.25) is 0 Å². The van der Waals surface area contributed by atoms with Gasteiger partial charge in [0, 0.05) is 42.3 Å². The summed E-state index contributed by atoms with van der Waals surface area (Å²) in [6.07, 6.45) is 7.11. The maximum atomic E-state index is 13.1. The average Bonchev–Trinajstić information content (AvgIpc) is 3.38. The van der Waals surface area contributed by atoms with E-state index in [-0.39, 0.29) is 11.7 Å². The fourth-order valence-corrected chi connectivity index (χ4v) is 3.84. The monoisotopic (exact) mass is 428 g/mol. The molecule has 8 heteroatoms. The number of aryl methyl sites for hydroxylation is 3. The van der Waals surface area contributed by atoms with E-state index in [9.17, 15) is 9.59 Å². The summed E-state index contributed by atoms with van der Waals surface area (Å²) in [4.78, 5) is 30.0. The van der Waals surface area contributed by atoms with Crippen molar-refractivity contribution in [2.24, 2.45) is 7.05 Å². The van der Waals surface area contributed by atoms with Crippen LogP contribution < -0.4 is 10.6 Å². The van der Waals surface area contributed by atoms with Crippen molar-refractivity contribution in [2.75, 3.05) is 5.32 Å². The molecule has 162 valence electrons. The predicted octanol–water partition coefficient (Wildman–Crippen LogP) is 3.55. The van der Waals surface area contributed by atoms with Gasteiger partial charge in [0.25, 0.3) is 5.91 Å². The minimum atomic E-state index is -0.0716. The van der Waals surface area contributed by atoms with E-state index in [0.29, 0.717) is 28.7 Å². The van der Waals surface area contributed by atoms with Crippen molar-refractivity contribution in [1.82, 2.24) is 24.5 Å². The first kappa shape index (κ1) is 20.0. The molecule has 32 heavy (non-hydrogen) atoms. The Morgan fingerprint density at radius 1 is 1.16 bits per heavy atom. The van der Waals surface area contributed by atoms with Crippen LogP contribution >= 0.6 is 0 Å². The highest BCUT2D eigenvalue weighted by Crippen LogP contribution is 2.29. The van der Waals surface area contributed by atoms with Crippen molar-refractivity contribution in [1.29, 1.82) is 0 Å². The van der Waals surface area contributed by atoms with Gasteiger partial charge >= 0.3 is 0 Å². The SMILES string of the molecule is Cc1ccc(C(=O)NC2CC2)cc1Nc1ncnn2cc(C(=O)c3cccn3C)c(C)c12. The first-order valence-electron chi connectivity index (χ1n) is 10.6. The van der Waals surface area contributed by atoms with E-state index in [0.717, 1.165) is 35.2 Å². The molecule has 0 spiro atoms. The minimum absolute atomic E-state index is 0.0682. The molecule has 0 atom stereocenters. The molecule has 0 saturated heterocycles. The number of fused-ring (bicyclic) bond motifs is 1. The third kappa shape index (κ3) is 3.53. The summed E-state index contributed by atoms with van der Waals surface area (Å²) >= 11 is 0. The normalized spacial score (nSPS) is 13.3. The van der Waals surface area contributed by atoms with Crippen LogP contribution in [0.5, 0.6) is 0 Å².